The maximum Gasteiger partial charge on any atom is 0.147 e. The molecule has 0 amide bonds. The SMILES string of the molecule is CCCCOC1=C(CN)N(C2CC2)Cc2cc(Cl)c(Cl)cc21. The molecule has 5 heteroatoms. The Morgan fingerprint density at radius 3 is 2.64 bits per heavy atom. The van der Waals surface area contributed by atoms with Crippen molar-refractivity contribution in [1.29, 1.82) is 0 Å². The molecule has 120 valence electrons. The van der Waals surface area contributed by atoms with Crippen LogP contribution in [0, 0.1) is 0 Å². The van der Waals surface area contributed by atoms with E-state index < -0.39 is 0 Å². The zero-order chi connectivity index (χ0) is 15.7. The molecule has 0 atom stereocenters. The topological polar surface area (TPSA) is 38.5 Å². The summed E-state index contributed by atoms with van der Waals surface area (Å²) in [6.45, 7) is 4.18. The molecule has 0 bridgehead atoms. The summed E-state index contributed by atoms with van der Waals surface area (Å²) in [4.78, 5) is 2.38. The van der Waals surface area contributed by atoms with Crippen LogP contribution in [-0.2, 0) is 11.3 Å². The van der Waals surface area contributed by atoms with E-state index in [1.54, 1.807) is 0 Å². The van der Waals surface area contributed by atoms with Crippen molar-refractivity contribution in [3.8, 4) is 0 Å². The van der Waals surface area contributed by atoms with E-state index in [4.69, 9.17) is 33.7 Å². The Morgan fingerprint density at radius 2 is 2.00 bits per heavy atom. The van der Waals surface area contributed by atoms with E-state index in [0.29, 0.717) is 29.2 Å². The van der Waals surface area contributed by atoms with Gasteiger partial charge in [0.05, 0.1) is 22.3 Å². The lowest BCUT2D eigenvalue weighted by Gasteiger charge is -2.35. The molecule has 2 aliphatic rings. The van der Waals surface area contributed by atoms with Gasteiger partial charge in [-0.2, -0.15) is 0 Å². The minimum absolute atomic E-state index is 0.484. The zero-order valence-corrected chi connectivity index (χ0v) is 14.4. The summed E-state index contributed by atoms with van der Waals surface area (Å²) in [5.41, 5.74) is 9.36. The summed E-state index contributed by atoms with van der Waals surface area (Å²) in [5, 5.41) is 1.16. The van der Waals surface area contributed by atoms with Gasteiger partial charge in [-0.25, -0.2) is 0 Å². The van der Waals surface area contributed by atoms with E-state index in [0.717, 1.165) is 36.4 Å². The molecule has 1 aliphatic carbocycles. The third kappa shape index (κ3) is 3.08. The molecule has 1 heterocycles. The molecule has 1 aromatic rings. The normalized spacial score (nSPS) is 17.7. The zero-order valence-electron chi connectivity index (χ0n) is 12.9. The van der Waals surface area contributed by atoms with Crippen LogP contribution in [0.4, 0.5) is 0 Å². The van der Waals surface area contributed by atoms with Gasteiger partial charge in [-0.1, -0.05) is 36.5 Å². The van der Waals surface area contributed by atoms with Crippen LogP contribution < -0.4 is 5.73 Å². The maximum absolute atomic E-state index is 6.22. The number of nitrogens with two attached hydrogens (primary N) is 1. The maximum atomic E-state index is 6.22. The fraction of sp³-hybridized carbons (Fsp3) is 0.529. The lowest BCUT2D eigenvalue weighted by Crippen LogP contribution is -2.34. The van der Waals surface area contributed by atoms with Gasteiger partial charge in [0.25, 0.3) is 0 Å². The van der Waals surface area contributed by atoms with E-state index in [9.17, 15) is 0 Å². The van der Waals surface area contributed by atoms with Crippen molar-refractivity contribution < 1.29 is 4.74 Å². The second kappa shape index (κ2) is 6.69. The van der Waals surface area contributed by atoms with Crippen LogP contribution in [0.1, 0.15) is 43.7 Å². The number of nitrogens with zero attached hydrogens (tertiary/aromatic N) is 1. The molecule has 3 rings (SSSR count). The smallest absolute Gasteiger partial charge is 0.147 e. The van der Waals surface area contributed by atoms with E-state index in [1.807, 2.05) is 12.1 Å². The standard InChI is InChI=1S/C17H22Cl2N2O/c1-2-3-6-22-17-13-8-15(19)14(18)7-11(13)10-21(12-4-5-12)16(17)9-20/h7-8,12H,2-6,9-10,20H2,1H3. The molecular weight excluding hydrogens is 319 g/mol. The summed E-state index contributed by atoms with van der Waals surface area (Å²) < 4.78 is 6.11. The van der Waals surface area contributed by atoms with Crippen LogP contribution in [-0.4, -0.2) is 24.1 Å². The Bertz CT molecular complexity index is 597. The summed E-state index contributed by atoms with van der Waals surface area (Å²) in [6, 6.07) is 4.47. The number of ether oxygens (including phenoxy) is 1. The van der Waals surface area contributed by atoms with Gasteiger partial charge in [0.1, 0.15) is 5.76 Å². The summed E-state index contributed by atoms with van der Waals surface area (Å²) in [6.07, 6.45) is 4.58. The summed E-state index contributed by atoms with van der Waals surface area (Å²) in [7, 11) is 0. The average Bonchev–Trinajstić information content (AvgIpc) is 3.33. The predicted molar refractivity (Wildman–Crippen MR) is 91.9 cm³/mol. The van der Waals surface area contributed by atoms with E-state index in [1.165, 1.54) is 18.4 Å². The first-order chi connectivity index (χ1) is 10.7. The molecule has 22 heavy (non-hydrogen) atoms. The highest BCUT2D eigenvalue weighted by atomic mass is 35.5. The van der Waals surface area contributed by atoms with Crippen molar-refractivity contribution in [2.45, 2.75) is 45.2 Å². The number of benzene rings is 1. The van der Waals surface area contributed by atoms with Gasteiger partial charge in [-0.3, -0.25) is 0 Å². The Morgan fingerprint density at radius 1 is 1.27 bits per heavy atom. The highest BCUT2D eigenvalue weighted by molar-refractivity contribution is 6.42. The van der Waals surface area contributed by atoms with Crippen molar-refractivity contribution in [3.63, 3.8) is 0 Å². The molecular formula is C17H22Cl2N2O. The van der Waals surface area contributed by atoms with Crippen molar-refractivity contribution in [3.05, 3.63) is 39.0 Å². The van der Waals surface area contributed by atoms with Gasteiger partial charge < -0.3 is 15.4 Å². The van der Waals surface area contributed by atoms with Crippen molar-refractivity contribution in [2.24, 2.45) is 5.73 Å². The lowest BCUT2D eigenvalue weighted by atomic mass is 9.99. The number of rotatable bonds is 6. The Balaban J connectivity index is 2.02. The largest absolute Gasteiger partial charge is 0.491 e. The Labute approximate surface area is 142 Å². The number of halogens is 2. The molecule has 1 fully saturated rings. The average molecular weight is 341 g/mol. The fourth-order valence-corrected chi connectivity index (χ4v) is 3.27. The number of hydrogen-bond acceptors (Lipinski definition) is 3. The first-order valence-corrected chi connectivity index (χ1v) is 8.72. The third-order valence-electron chi connectivity index (χ3n) is 4.27. The van der Waals surface area contributed by atoms with E-state index >= 15 is 0 Å². The lowest BCUT2D eigenvalue weighted by molar-refractivity contribution is 0.238. The molecule has 3 nitrogen and oxygen atoms in total. The molecule has 1 aliphatic heterocycles. The first kappa shape index (κ1) is 16.0. The van der Waals surface area contributed by atoms with Gasteiger partial charge in [-0.05, 0) is 37.0 Å². The van der Waals surface area contributed by atoms with Crippen molar-refractivity contribution in [2.75, 3.05) is 13.2 Å². The van der Waals surface area contributed by atoms with Gasteiger partial charge in [0, 0.05) is 24.7 Å². The quantitative estimate of drug-likeness (QED) is 0.779. The van der Waals surface area contributed by atoms with Crippen LogP contribution in [0.5, 0.6) is 0 Å². The van der Waals surface area contributed by atoms with Gasteiger partial charge in [0.15, 0.2) is 0 Å². The van der Waals surface area contributed by atoms with Gasteiger partial charge >= 0.3 is 0 Å². The number of fused-ring (bicyclic) bond motifs is 1. The number of unbranched alkanes of at least 4 members (excludes halogenated alkanes) is 1. The summed E-state index contributed by atoms with van der Waals surface area (Å²) >= 11 is 12.4. The third-order valence-corrected chi connectivity index (χ3v) is 4.99. The minimum Gasteiger partial charge on any atom is -0.491 e. The molecule has 1 aromatic carbocycles. The molecule has 0 saturated heterocycles. The fourth-order valence-electron chi connectivity index (χ4n) is 2.92. The van der Waals surface area contributed by atoms with E-state index in [2.05, 4.69) is 11.8 Å². The van der Waals surface area contributed by atoms with Gasteiger partial charge in [0.2, 0.25) is 0 Å². The predicted octanol–water partition coefficient (Wildman–Crippen LogP) is 4.42. The Kier molecular flexibility index (Phi) is 4.86. The number of hydrogen-bond donors (Lipinski definition) is 1. The first-order valence-electron chi connectivity index (χ1n) is 7.96. The van der Waals surface area contributed by atoms with Crippen LogP contribution in [0.25, 0.3) is 5.76 Å². The van der Waals surface area contributed by atoms with Gasteiger partial charge in [-0.15, -0.1) is 0 Å². The van der Waals surface area contributed by atoms with Crippen LogP contribution in [0.2, 0.25) is 10.0 Å². The molecule has 0 spiro atoms. The van der Waals surface area contributed by atoms with Crippen molar-refractivity contribution >= 4 is 29.0 Å². The molecule has 0 radical (unpaired) electrons. The van der Waals surface area contributed by atoms with Crippen LogP contribution >= 0.6 is 23.2 Å². The second-order valence-electron chi connectivity index (χ2n) is 5.96. The molecule has 1 saturated carbocycles. The minimum atomic E-state index is 0.484. The monoisotopic (exact) mass is 340 g/mol. The van der Waals surface area contributed by atoms with Crippen molar-refractivity contribution in [1.82, 2.24) is 4.90 Å². The second-order valence-corrected chi connectivity index (χ2v) is 6.78. The van der Waals surface area contributed by atoms with Crippen LogP contribution in [0.15, 0.2) is 17.8 Å². The highest BCUT2D eigenvalue weighted by Crippen LogP contribution is 2.41. The highest BCUT2D eigenvalue weighted by Gasteiger charge is 2.35. The summed E-state index contributed by atoms with van der Waals surface area (Å²) in [5.74, 6) is 0.891. The molecule has 2 N–H and O–H groups in total. The van der Waals surface area contributed by atoms with Crippen LogP contribution in [0.3, 0.4) is 0 Å². The van der Waals surface area contributed by atoms with E-state index in [-0.39, 0.29) is 0 Å². The molecule has 0 unspecified atom stereocenters. The molecule has 0 aromatic heterocycles. The Hall–Kier alpha value is -0.900.